The Bertz CT molecular complexity index is 529. The maximum atomic E-state index is 11.7. The Morgan fingerprint density at radius 2 is 1.94 bits per heavy atom. The summed E-state index contributed by atoms with van der Waals surface area (Å²) in [4.78, 5) is 13.2. The van der Waals surface area contributed by atoms with E-state index in [1.165, 1.54) is 11.0 Å². The number of nitriles is 2. The van der Waals surface area contributed by atoms with Crippen LogP contribution in [0.2, 0.25) is 0 Å². The Morgan fingerprint density at radius 1 is 1.29 bits per heavy atom. The number of hydrogen-bond acceptors (Lipinski definition) is 3. The van der Waals surface area contributed by atoms with Crippen LogP contribution in [-0.2, 0) is 0 Å². The fraction of sp³-hybridized carbons (Fsp3) is 0.154. The van der Waals surface area contributed by atoms with E-state index in [0.717, 1.165) is 0 Å². The average molecular weight is 225 g/mol. The van der Waals surface area contributed by atoms with Crippen LogP contribution < -0.4 is 0 Å². The van der Waals surface area contributed by atoms with Gasteiger partial charge in [-0.2, -0.15) is 10.5 Å². The van der Waals surface area contributed by atoms with Gasteiger partial charge in [0.2, 0.25) is 0 Å². The highest BCUT2D eigenvalue weighted by Crippen LogP contribution is 2.10. The van der Waals surface area contributed by atoms with Gasteiger partial charge in [-0.25, -0.2) is 0 Å². The van der Waals surface area contributed by atoms with Crippen molar-refractivity contribution in [2.24, 2.45) is 0 Å². The second kappa shape index (κ2) is 5.48. The average Bonchev–Trinajstić information content (AvgIpc) is 2.35. The molecule has 0 bridgehead atoms. The van der Waals surface area contributed by atoms with E-state index in [4.69, 9.17) is 10.5 Å². The van der Waals surface area contributed by atoms with E-state index in [9.17, 15) is 4.79 Å². The van der Waals surface area contributed by atoms with Crippen molar-refractivity contribution in [3.8, 4) is 12.1 Å². The Labute approximate surface area is 100 Å². The molecule has 0 aliphatic heterocycles. The predicted octanol–water partition coefficient (Wildman–Crippen LogP) is 1.82. The SMILES string of the molecule is CN(C)C(=O)c1cccc(C=C(C#N)C#N)c1. The number of hydrogen-bond donors (Lipinski definition) is 0. The molecule has 0 fully saturated rings. The second-order valence-corrected chi connectivity index (χ2v) is 3.61. The predicted molar refractivity (Wildman–Crippen MR) is 63.7 cm³/mol. The molecule has 0 saturated heterocycles. The van der Waals surface area contributed by atoms with E-state index in [1.54, 1.807) is 50.5 Å². The maximum absolute atomic E-state index is 11.7. The highest BCUT2D eigenvalue weighted by molar-refractivity contribution is 5.94. The van der Waals surface area contributed by atoms with E-state index in [-0.39, 0.29) is 11.5 Å². The van der Waals surface area contributed by atoms with Gasteiger partial charge in [0.15, 0.2) is 0 Å². The summed E-state index contributed by atoms with van der Waals surface area (Å²) in [5, 5.41) is 17.3. The van der Waals surface area contributed by atoms with Gasteiger partial charge >= 0.3 is 0 Å². The number of amides is 1. The molecule has 0 saturated carbocycles. The molecule has 0 aromatic heterocycles. The molecular formula is C13H11N3O. The van der Waals surface area contributed by atoms with Crippen LogP contribution in [0.4, 0.5) is 0 Å². The third-order valence-corrected chi connectivity index (χ3v) is 2.09. The minimum absolute atomic E-state index is 0.0134. The first-order valence-corrected chi connectivity index (χ1v) is 4.92. The lowest BCUT2D eigenvalue weighted by Crippen LogP contribution is -2.21. The molecule has 1 aromatic rings. The van der Waals surface area contributed by atoms with Gasteiger partial charge in [-0.05, 0) is 23.8 Å². The van der Waals surface area contributed by atoms with Crippen LogP contribution in [0.1, 0.15) is 15.9 Å². The van der Waals surface area contributed by atoms with Crippen molar-refractivity contribution < 1.29 is 4.79 Å². The van der Waals surface area contributed by atoms with Crippen LogP contribution in [0.15, 0.2) is 29.8 Å². The molecule has 0 atom stereocenters. The molecule has 1 rings (SSSR count). The van der Waals surface area contributed by atoms with E-state index < -0.39 is 0 Å². The van der Waals surface area contributed by atoms with Gasteiger partial charge in [0, 0.05) is 19.7 Å². The zero-order valence-electron chi connectivity index (χ0n) is 9.64. The first-order chi connectivity index (χ1) is 8.08. The summed E-state index contributed by atoms with van der Waals surface area (Å²) < 4.78 is 0. The molecule has 0 spiro atoms. The smallest absolute Gasteiger partial charge is 0.253 e. The summed E-state index contributed by atoms with van der Waals surface area (Å²) in [5.74, 6) is -0.115. The van der Waals surface area contributed by atoms with Crippen LogP contribution in [0.5, 0.6) is 0 Å². The highest BCUT2D eigenvalue weighted by atomic mass is 16.2. The molecule has 0 radical (unpaired) electrons. The van der Waals surface area contributed by atoms with Gasteiger partial charge in [0.05, 0.1) is 0 Å². The molecule has 0 aliphatic carbocycles. The Morgan fingerprint density at radius 3 is 2.47 bits per heavy atom. The van der Waals surface area contributed by atoms with E-state index in [2.05, 4.69) is 0 Å². The van der Waals surface area contributed by atoms with Gasteiger partial charge in [0.25, 0.3) is 5.91 Å². The van der Waals surface area contributed by atoms with Crippen LogP contribution in [0.25, 0.3) is 6.08 Å². The third kappa shape index (κ3) is 3.19. The van der Waals surface area contributed by atoms with Crippen LogP contribution in [-0.4, -0.2) is 24.9 Å². The van der Waals surface area contributed by atoms with Crippen LogP contribution in [0, 0.1) is 22.7 Å². The number of rotatable bonds is 2. The lowest BCUT2D eigenvalue weighted by molar-refractivity contribution is 0.0827. The van der Waals surface area contributed by atoms with Crippen molar-refractivity contribution in [2.45, 2.75) is 0 Å². The van der Waals surface area contributed by atoms with Crippen molar-refractivity contribution >= 4 is 12.0 Å². The summed E-state index contributed by atoms with van der Waals surface area (Å²) in [6, 6.07) is 10.3. The van der Waals surface area contributed by atoms with Crippen LogP contribution >= 0.6 is 0 Å². The van der Waals surface area contributed by atoms with E-state index >= 15 is 0 Å². The van der Waals surface area contributed by atoms with Gasteiger partial charge in [-0.3, -0.25) is 4.79 Å². The Hall–Kier alpha value is -2.59. The quantitative estimate of drug-likeness (QED) is 0.721. The normalized spacial score (nSPS) is 8.71. The van der Waals surface area contributed by atoms with Crippen molar-refractivity contribution in [3.63, 3.8) is 0 Å². The third-order valence-electron chi connectivity index (χ3n) is 2.09. The lowest BCUT2D eigenvalue weighted by Gasteiger charge is -2.10. The molecule has 0 N–H and O–H groups in total. The lowest BCUT2D eigenvalue weighted by atomic mass is 10.1. The van der Waals surface area contributed by atoms with Crippen LogP contribution in [0.3, 0.4) is 0 Å². The fourth-order valence-electron chi connectivity index (χ4n) is 1.28. The number of carbonyl (C=O) groups excluding carboxylic acids is 1. The van der Waals surface area contributed by atoms with E-state index in [0.29, 0.717) is 11.1 Å². The summed E-state index contributed by atoms with van der Waals surface area (Å²) in [6.45, 7) is 0. The minimum atomic E-state index is -0.115. The minimum Gasteiger partial charge on any atom is -0.345 e. The number of allylic oxidation sites excluding steroid dienone is 1. The van der Waals surface area contributed by atoms with E-state index in [1.807, 2.05) is 0 Å². The molecule has 4 heteroatoms. The zero-order valence-corrected chi connectivity index (χ0v) is 9.64. The van der Waals surface area contributed by atoms with Crippen molar-refractivity contribution in [1.29, 1.82) is 10.5 Å². The largest absolute Gasteiger partial charge is 0.345 e. The summed E-state index contributed by atoms with van der Waals surface area (Å²) >= 11 is 0. The number of carbonyl (C=O) groups is 1. The maximum Gasteiger partial charge on any atom is 0.253 e. The topological polar surface area (TPSA) is 67.9 Å². The van der Waals surface area contributed by atoms with Crippen molar-refractivity contribution in [1.82, 2.24) is 4.90 Å². The second-order valence-electron chi connectivity index (χ2n) is 3.61. The van der Waals surface area contributed by atoms with Gasteiger partial charge in [-0.15, -0.1) is 0 Å². The molecule has 1 aromatic carbocycles. The first kappa shape index (κ1) is 12.5. The van der Waals surface area contributed by atoms with Crippen molar-refractivity contribution in [2.75, 3.05) is 14.1 Å². The summed E-state index contributed by atoms with van der Waals surface area (Å²) in [5.41, 5.74) is 1.20. The van der Waals surface area contributed by atoms with Gasteiger partial charge < -0.3 is 4.90 Å². The first-order valence-electron chi connectivity index (χ1n) is 4.92. The molecule has 4 nitrogen and oxygen atoms in total. The van der Waals surface area contributed by atoms with Crippen molar-refractivity contribution in [3.05, 3.63) is 41.0 Å². The number of nitrogens with zero attached hydrogens (tertiary/aromatic N) is 3. The Kier molecular flexibility index (Phi) is 4.02. The molecule has 1 amide bonds. The molecule has 0 unspecified atom stereocenters. The Balaban J connectivity index is 3.12. The molecule has 17 heavy (non-hydrogen) atoms. The van der Waals surface area contributed by atoms with Gasteiger partial charge in [-0.1, -0.05) is 12.1 Å². The molecular weight excluding hydrogens is 214 g/mol. The molecule has 0 aliphatic rings. The summed E-state index contributed by atoms with van der Waals surface area (Å²) in [6.07, 6.45) is 1.45. The fourth-order valence-corrected chi connectivity index (χ4v) is 1.28. The van der Waals surface area contributed by atoms with Gasteiger partial charge in [0.1, 0.15) is 17.7 Å². The summed E-state index contributed by atoms with van der Waals surface area (Å²) in [7, 11) is 3.33. The monoisotopic (exact) mass is 225 g/mol. The number of benzene rings is 1. The highest BCUT2D eigenvalue weighted by Gasteiger charge is 2.07. The molecule has 84 valence electrons. The standard InChI is InChI=1S/C13H11N3O/c1-16(2)13(17)12-5-3-4-10(7-12)6-11(8-14)9-15/h3-7H,1-2H3. The zero-order chi connectivity index (χ0) is 12.8. The molecule has 0 heterocycles.